The number of hydrogen-bond acceptors (Lipinski definition) is 7. The number of nitrogens with one attached hydrogen (secondary N) is 1. The van der Waals surface area contributed by atoms with Crippen molar-refractivity contribution in [1.29, 1.82) is 0 Å². The van der Waals surface area contributed by atoms with Crippen LogP contribution in [0.2, 0.25) is 5.02 Å². The van der Waals surface area contributed by atoms with Crippen molar-refractivity contribution in [3.63, 3.8) is 0 Å². The number of rotatable bonds is 6. The van der Waals surface area contributed by atoms with Crippen molar-refractivity contribution in [1.82, 2.24) is 15.0 Å². The number of nitrogens with zero attached hydrogens (tertiary/aromatic N) is 4. The number of carbonyl (C=O) groups excluding carboxylic acids is 1. The molecule has 1 heterocycles. The Morgan fingerprint density at radius 3 is 2.33 bits per heavy atom. The first kappa shape index (κ1) is 22.0. The topological polar surface area (TPSA) is 121 Å². The number of aromatic nitrogens is 3. The Morgan fingerprint density at radius 1 is 1.03 bits per heavy atom. The van der Waals surface area contributed by atoms with Crippen LogP contribution in [0, 0.1) is 17.0 Å². The summed E-state index contributed by atoms with van der Waals surface area (Å²) < 4.78 is 10.1. The predicted octanol–water partition coefficient (Wildman–Crippen LogP) is 4.56. The third-order valence-electron chi connectivity index (χ3n) is 4.98. The largest absolute Gasteiger partial charge is 0.495 e. The molecular formula is C22H18ClN5O5. The number of halogens is 1. The molecular weight excluding hydrogens is 450 g/mol. The van der Waals surface area contributed by atoms with Crippen LogP contribution in [0.5, 0.6) is 11.5 Å². The number of nitro groups is 1. The van der Waals surface area contributed by atoms with Crippen LogP contribution in [0.25, 0.3) is 16.7 Å². The SMILES string of the molecule is COc1ccc(-n2nc3cc(C)c(NC(=O)c4ccc(OC)c([N+](=O)[O-])c4)cc3n2)cc1Cl. The number of amides is 1. The fourth-order valence-electron chi connectivity index (χ4n) is 3.27. The van der Waals surface area contributed by atoms with E-state index < -0.39 is 10.8 Å². The monoisotopic (exact) mass is 467 g/mol. The summed E-state index contributed by atoms with van der Waals surface area (Å²) in [6.45, 7) is 1.81. The zero-order valence-corrected chi connectivity index (χ0v) is 18.6. The second-order valence-corrected chi connectivity index (χ2v) is 7.47. The molecule has 33 heavy (non-hydrogen) atoms. The van der Waals surface area contributed by atoms with E-state index in [0.717, 1.165) is 5.56 Å². The molecule has 0 saturated heterocycles. The number of anilines is 1. The number of benzene rings is 3. The maximum atomic E-state index is 12.8. The molecule has 0 aliphatic rings. The second kappa shape index (κ2) is 8.75. The number of fused-ring (bicyclic) bond motifs is 1. The Kier molecular flexibility index (Phi) is 5.84. The van der Waals surface area contributed by atoms with Gasteiger partial charge in [-0.05, 0) is 55.0 Å². The van der Waals surface area contributed by atoms with Gasteiger partial charge in [-0.3, -0.25) is 14.9 Å². The molecule has 0 fully saturated rings. The van der Waals surface area contributed by atoms with Crippen LogP contribution in [0.4, 0.5) is 11.4 Å². The van der Waals surface area contributed by atoms with Crippen molar-refractivity contribution in [2.75, 3.05) is 19.5 Å². The first-order valence-electron chi connectivity index (χ1n) is 9.66. The van der Waals surface area contributed by atoms with E-state index in [-0.39, 0.29) is 17.0 Å². The summed E-state index contributed by atoms with van der Waals surface area (Å²) in [5, 5.41) is 23.4. The molecule has 1 aromatic heterocycles. The Hall–Kier alpha value is -4.18. The Balaban J connectivity index is 1.64. The number of carbonyl (C=O) groups is 1. The molecule has 0 spiro atoms. The van der Waals surface area contributed by atoms with E-state index in [0.29, 0.717) is 33.2 Å². The number of methoxy groups -OCH3 is 2. The van der Waals surface area contributed by atoms with Gasteiger partial charge in [0.1, 0.15) is 16.8 Å². The van der Waals surface area contributed by atoms with Gasteiger partial charge < -0.3 is 14.8 Å². The summed E-state index contributed by atoms with van der Waals surface area (Å²) in [6, 6.07) is 12.7. The van der Waals surface area contributed by atoms with Crippen LogP contribution >= 0.6 is 11.6 Å². The van der Waals surface area contributed by atoms with E-state index >= 15 is 0 Å². The molecule has 0 unspecified atom stereocenters. The van der Waals surface area contributed by atoms with E-state index in [1.165, 1.54) is 37.2 Å². The highest BCUT2D eigenvalue weighted by molar-refractivity contribution is 6.32. The van der Waals surface area contributed by atoms with Crippen molar-refractivity contribution in [2.45, 2.75) is 6.92 Å². The summed E-state index contributed by atoms with van der Waals surface area (Å²) in [5.74, 6) is 0.110. The average Bonchev–Trinajstić information content (AvgIpc) is 3.21. The van der Waals surface area contributed by atoms with Gasteiger partial charge in [0.15, 0.2) is 5.75 Å². The molecule has 0 aliphatic heterocycles. The molecule has 10 nitrogen and oxygen atoms in total. The molecule has 0 saturated carbocycles. The molecule has 1 N–H and O–H groups in total. The van der Waals surface area contributed by atoms with Crippen LogP contribution in [0.3, 0.4) is 0 Å². The lowest BCUT2D eigenvalue weighted by atomic mass is 10.1. The lowest BCUT2D eigenvalue weighted by Gasteiger charge is -2.09. The minimum atomic E-state index is -0.601. The Bertz CT molecular complexity index is 1400. The molecule has 1 amide bonds. The van der Waals surface area contributed by atoms with E-state index in [9.17, 15) is 14.9 Å². The fourth-order valence-corrected chi connectivity index (χ4v) is 3.52. The normalized spacial score (nSPS) is 10.8. The molecule has 0 atom stereocenters. The van der Waals surface area contributed by atoms with Gasteiger partial charge in [0.05, 0.1) is 29.9 Å². The third-order valence-corrected chi connectivity index (χ3v) is 5.27. The van der Waals surface area contributed by atoms with Crippen LogP contribution in [0.1, 0.15) is 15.9 Å². The predicted molar refractivity (Wildman–Crippen MR) is 123 cm³/mol. The Labute approximate surface area is 192 Å². The summed E-state index contributed by atoms with van der Waals surface area (Å²) in [7, 11) is 2.86. The van der Waals surface area contributed by atoms with Crippen LogP contribution in [-0.4, -0.2) is 40.0 Å². The van der Waals surface area contributed by atoms with Crippen LogP contribution in [-0.2, 0) is 0 Å². The highest BCUT2D eigenvalue weighted by atomic mass is 35.5. The number of nitro benzene ring substituents is 1. The van der Waals surface area contributed by atoms with Gasteiger partial charge in [-0.25, -0.2) is 0 Å². The quantitative estimate of drug-likeness (QED) is 0.326. The maximum absolute atomic E-state index is 12.8. The van der Waals surface area contributed by atoms with E-state index in [2.05, 4.69) is 15.5 Å². The smallest absolute Gasteiger partial charge is 0.311 e. The minimum absolute atomic E-state index is 0.0735. The lowest BCUT2D eigenvalue weighted by Crippen LogP contribution is -2.13. The van der Waals surface area contributed by atoms with E-state index in [1.54, 1.807) is 30.3 Å². The molecule has 0 aliphatic carbocycles. The van der Waals surface area contributed by atoms with Gasteiger partial charge in [0, 0.05) is 17.3 Å². The molecule has 0 radical (unpaired) electrons. The summed E-state index contributed by atoms with van der Waals surface area (Å²) in [4.78, 5) is 24.8. The minimum Gasteiger partial charge on any atom is -0.495 e. The molecule has 0 bridgehead atoms. The summed E-state index contributed by atoms with van der Waals surface area (Å²) >= 11 is 6.20. The highest BCUT2D eigenvalue weighted by Gasteiger charge is 2.19. The van der Waals surface area contributed by atoms with Gasteiger partial charge >= 0.3 is 5.69 Å². The maximum Gasteiger partial charge on any atom is 0.311 e. The van der Waals surface area contributed by atoms with Crippen LogP contribution in [0.15, 0.2) is 48.5 Å². The first-order chi connectivity index (χ1) is 15.8. The van der Waals surface area contributed by atoms with Crippen molar-refractivity contribution in [3.8, 4) is 17.2 Å². The zero-order valence-electron chi connectivity index (χ0n) is 17.8. The molecule has 4 rings (SSSR count). The van der Waals surface area contributed by atoms with Gasteiger partial charge in [-0.2, -0.15) is 4.80 Å². The number of hydrogen-bond donors (Lipinski definition) is 1. The van der Waals surface area contributed by atoms with Gasteiger partial charge in [-0.1, -0.05) is 11.6 Å². The number of ether oxygens (including phenoxy) is 2. The van der Waals surface area contributed by atoms with E-state index in [1.807, 2.05) is 6.92 Å². The second-order valence-electron chi connectivity index (χ2n) is 7.06. The number of aryl methyl sites for hydroxylation is 1. The molecule has 11 heteroatoms. The van der Waals surface area contributed by atoms with Gasteiger partial charge in [-0.15, -0.1) is 10.2 Å². The first-order valence-corrected chi connectivity index (χ1v) is 10.0. The van der Waals surface area contributed by atoms with E-state index in [4.69, 9.17) is 21.1 Å². The third kappa shape index (κ3) is 4.28. The molecule has 168 valence electrons. The highest BCUT2D eigenvalue weighted by Crippen LogP contribution is 2.29. The van der Waals surface area contributed by atoms with Crippen molar-refractivity contribution in [3.05, 3.63) is 74.8 Å². The Morgan fingerprint density at radius 2 is 1.70 bits per heavy atom. The molecule has 3 aromatic carbocycles. The average molecular weight is 468 g/mol. The zero-order chi connectivity index (χ0) is 23.7. The van der Waals surface area contributed by atoms with Crippen molar-refractivity contribution in [2.24, 2.45) is 0 Å². The molecule has 4 aromatic rings. The van der Waals surface area contributed by atoms with Crippen molar-refractivity contribution >= 4 is 39.9 Å². The fraction of sp³-hybridized carbons (Fsp3) is 0.136. The van der Waals surface area contributed by atoms with Gasteiger partial charge in [0.2, 0.25) is 0 Å². The van der Waals surface area contributed by atoms with Crippen molar-refractivity contribution < 1.29 is 19.2 Å². The standard InChI is InChI=1S/C22H18ClN5O5/c1-12-8-17-18(26-27(25-17)14-5-7-20(32-2)15(23)10-14)11-16(12)24-22(29)13-4-6-21(33-3)19(9-13)28(30)31/h4-11H,1-3H3,(H,24,29). The summed E-state index contributed by atoms with van der Waals surface area (Å²) in [6.07, 6.45) is 0. The van der Waals surface area contributed by atoms with Gasteiger partial charge in [0.25, 0.3) is 5.91 Å². The summed E-state index contributed by atoms with van der Waals surface area (Å²) in [5.41, 5.74) is 2.90. The lowest BCUT2D eigenvalue weighted by molar-refractivity contribution is -0.385. The van der Waals surface area contributed by atoms with Crippen LogP contribution < -0.4 is 14.8 Å².